The zero-order valence-corrected chi connectivity index (χ0v) is 11.2. The Bertz CT molecular complexity index is 322. The molecule has 17 heavy (non-hydrogen) atoms. The van der Waals surface area contributed by atoms with Crippen molar-refractivity contribution in [1.29, 1.82) is 0 Å². The molecule has 0 aromatic carbocycles. The average Bonchev–Trinajstić information content (AvgIpc) is 2.35. The van der Waals surface area contributed by atoms with E-state index in [-0.39, 0.29) is 0 Å². The minimum atomic E-state index is 0.353. The zero-order chi connectivity index (χ0) is 12.3. The van der Waals surface area contributed by atoms with Gasteiger partial charge in [0.1, 0.15) is 6.61 Å². The van der Waals surface area contributed by atoms with E-state index in [0.717, 1.165) is 29.4 Å². The summed E-state index contributed by atoms with van der Waals surface area (Å²) in [4.78, 5) is 8.71. The number of hydrogen-bond donors (Lipinski definition) is 2. The van der Waals surface area contributed by atoms with Crippen LogP contribution in [0.1, 0.15) is 5.69 Å². The Morgan fingerprint density at radius 2 is 2.35 bits per heavy atom. The van der Waals surface area contributed by atoms with Crippen LogP contribution < -0.4 is 11.2 Å². The lowest BCUT2D eigenvalue weighted by atomic mass is 10.4. The highest BCUT2D eigenvalue weighted by molar-refractivity contribution is 8.76. The van der Waals surface area contributed by atoms with E-state index in [9.17, 15) is 0 Å². The third kappa shape index (κ3) is 7.27. The van der Waals surface area contributed by atoms with Crippen LogP contribution in [0.2, 0.25) is 0 Å². The second-order valence-corrected chi connectivity index (χ2v) is 5.83. The number of hydrogen-bond acceptors (Lipinski definition) is 6. The third-order valence-electron chi connectivity index (χ3n) is 1.83. The molecule has 0 amide bonds. The van der Waals surface area contributed by atoms with Gasteiger partial charge in [-0.25, -0.2) is 5.90 Å². The molecular formula is C11H17N3OS2. The van der Waals surface area contributed by atoms with Gasteiger partial charge in [0.05, 0.1) is 5.69 Å². The molecule has 1 aromatic heterocycles. The van der Waals surface area contributed by atoms with Crippen LogP contribution in [0.15, 0.2) is 36.7 Å². The summed E-state index contributed by atoms with van der Waals surface area (Å²) in [6.45, 7) is 4.98. The molecule has 0 spiro atoms. The fourth-order valence-electron chi connectivity index (χ4n) is 1.07. The number of aromatic nitrogens is 1. The van der Waals surface area contributed by atoms with E-state index < -0.39 is 0 Å². The SMILES string of the molecule is C=C(CON)NCCSSCc1ccccn1. The first kappa shape index (κ1) is 14.4. The van der Waals surface area contributed by atoms with E-state index in [1.807, 2.05) is 35.2 Å². The molecule has 1 aromatic rings. The summed E-state index contributed by atoms with van der Waals surface area (Å²) in [5.41, 5.74) is 1.92. The van der Waals surface area contributed by atoms with E-state index in [1.54, 1.807) is 10.8 Å². The van der Waals surface area contributed by atoms with E-state index in [1.165, 1.54) is 0 Å². The molecule has 0 saturated carbocycles. The molecule has 94 valence electrons. The van der Waals surface area contributed by atoms with Crippen molar-refractivity contribution in [2.75, 3.05) is 18.9 Å². The summed E-state index contributed by atoms with van der Waals surface area (Å²) < 4.78 is 0. The largest absolute Gasteiger partial charge is 0.386 e. The van der Waals surface area contributed by atoms with Crippen molar-refractivity contribution < 1.29 is 4.84 Å². The molecule has 0 saturated heterocycles. The first-order chi connectivity index (χ1) is 8.33. The van der Waals surface area contributed by atoms with Crippen LogP contribution >= 0.6 is 21.6 Å². The molecular weight excluding hydrogens is 254 g/mol. The topological polar surface area (TPSA) is 60.2 Å². The molecule has 4 nitrogen and oxygen atoms in total. The molecule has 0 radical (unpaired) electrons. The number of nitrogens with one attached hydrogen (secondary N) is 1. The fourth-order valence-corrected chi connectivity index (χ4v) is 2.96. The van der Waals surface area contributed by atoms with Crippen molar-refractivity contribution in [3.05, 3.63) is 42.4 Å². The van der Waals surface area contributed by atoms with Crippen molar-refractivity contribution in [2.45, 2.75) is 5.75 Å². The van der Waals surface area contributed by atoms with Crippen molar-refractivity contribution in [3.8, 4) is 0 Å². The van der Waals surface area contributed by atoms with E-state index in [4.69, 9.17) is 5.90 Å². The van der Waals surface area contributed by atoms with Crippen molar-refractivity contribution >= 4 is 21.6 Å². The summed E-state index contributed by atoms with van der Waals surface area (Å²) in [5.74, 6) is 6.86. The van der Waals surface area contributed by atoms with Crippen LogP contribution in [0.3, 0.4) is 0 Å². The number of rotatable bonds is 9. The van der Waals surface area contributed by atoms with Crippen LogP contribution in [0.25, 0.3) is 0 Å². The Labute approximate surface area is 110 Å². The summed E-state index contributed by atoms with van der Waals surface area (Å²) in [7, 11) is 3.61. The molecule has 0 aliphatic carbocycles. The zero-order valence-electron chi connectivity index (χ0n) is 9.59. The molecule has 0 atom stereocenters. The molecule has 3 N–H and O–H groups in total. The predicted octanol–water partition coefficient (Wildman–Crippen LogP) is 1.96. The minimum Gasteiger partial charge on any atom is -0.386 e. The summed E-state index contributed by atoms with van der Waals surface area (Å²) in [5, 5.41) is 3.13. The van der Waals surface area contributed by atoms with Gasteiger partial charge in [-0.05, 0) is 12.1 Å². The Balaban J connectivity index is 1.96. The summed E-state index contributed by atoms with van der Waals surface area (Å²) in [6.07, 6.45) is 1.82. The molecule has 0 fully saturated rings. The smallest absolute Gasteiger partial charge is 0.107 e. The monoisotopic (exact) mass is 271 g/mol. The van der Waals surface area contributed by atoms with E-state index >= 15 is 0 Å². The molecule has 1 rings (SSSR count). The maximum atomic E-state index is 4.93. The highest BCUT2D eigenvalue weighted by Gasteiger charge is 1.95. The number of pyridine rings is 1. The van der Waals surface area contributed by atoms with Gasteiger partial charge >= 0.3 is 0 Å². The Hall–Kier alpha value is -0.690. The van der Waals surface area contributed by atoms with Gasteiger partial charge in [-0.3, -0.25) is 9.82 Å². The molecule has 0 aliphatic rings. The maximum Gasteiger partial charge on any atom is 0.107 e. The van der Waals surface area contributed by atoms with Gasteiger partial charge in [0.2, 0.25) is 0 Å². The van der Waals surface area contributed by atoms with Gasteiger partial charge in [0, 0.05) is 29.9 Å². The highest BCUT2D eigenvalue weighted by atomic mass is 33.1. The minimum absolute atomic E-state index is 0.353. The first-order valence-corrected chi connectivity index (χ1v) is 7.69. The van der Waals surface area contributed by atoms with Crippen molar-refractivity contribution in [2.24, 2.45) is 5.90 Å². The van der Waals surface area contributed by atoms with Gasteiger partial charge < -0.3 is 5.32 Å². The predicted molar refractivity (Wildman–Crippen MR) is 75.3 cm³/mol. The lowest BCUT2D eigenvalue weighted by molar-refractivity contribution is 0.157. The van der Waals surface area contributed by atoms with Crippen molar-refractivity contribution in [3.63, 3.8) is 0 Å². The lowest BCUT2D eigenvalue weighted by Gasteiger charge is -2.07. The summed E-state index contributed by atoms with van der Waals surface area (Å²) in [6, 6.07) is 5.97. The van der Waals surface area contributed by atoms with Gasteiger partial charge in [0.25, 0.3) is 0 Å². The second-order valence-electron chi connectivity index (χ2n) is 3.25. The maximum absolute atomic E-state index is 4.93. The van der Waals surface area contributed by atoms with Crippen LogP contribution in [-0.2, 0) is 10.6 Å². The van der Waals surface area contributed by atoms with Crippen molar-refractivity contribution in [1.82, 2.24) is 10.3 Å². The molecule has 0 aliphatic heterocycles. The average molecular weight is 271 g/mol. The quantitative estimate of drug-likeness (QED) is 0.407. The second kappa shape index (κ2) is 9.35. The van der Waals surface area contributed by atoms with Crippen LogP contribution in [-0.4, -0.2) is 23.9 Å². The molecule has 0 bridgehead atoms. The van der Waals surface area contributed by atoms with Crippen LogP contribution in [0, 0.1) is 0 Å². The van der Waals surface area contributed by atoms with E-state index in [2.05, 4.69) is 21.7 Å². The highest BCUT2D eigenvalue weighted by Crippen LogP contribution is 2.24. The lowest BCUT2D eigenvalue weighted by Crippen LogP contribution is -2.20. The molecule has 6 heteroatoms. The Morgan fingerprint density at radius 1 is 1.47 bits per heavy atom. The van der Waals surface area contributed by atoms with Gasteiger partial charge in [-0.2, -0.15) is 0 Å². The standard InChI is InChI=1S/C11H17N3OS2/c1-10(8-15-12)13-6-7-16-17-9-11-4-2-3-5-14-11/h2-5,13H,1,6-9,12H2. The molecule has 0 unspecified atom stereocenters. The Morgan fingerprint density at radius 3 is 3.06 bits per heavy atom. The summed E-state index contributed by atoms with van der Waals surface area (Å²) >= 11 is 0. The van der Waals surface area contributed by atoms with Gasteiger partial charge in [-0.1, -0.05) is 34.2 Å². The number of nitrogens with two attached hydrogens (primary N) is 1. The van der Waals surface area contributed by atoms with Gasteiger partial charge in [-0.15, -0.1) is 0 Å². The van der Waals surface area contributed by atoms with Crippen LogP contribution in [0.4, 0.5) is 0 Å². The Kier molecular flexibility index (Phi) is 7.91. The third-order valence-corrected chi connectivity index (χ3v) is 4.14. The van der Waals surface area contributed by atoms with Gasteiger partial charge in [0.15, 0.2) is 0 Å². The van der Waals surface area contributed by atoms with E-state index in [0.29, 0.717) is 6.61 Å². The van der Waals surface area contributed by atoms with Crippen LogP contribution in [0.5, 0.6) is 0 Å². The number of nitrogens with zero attached hydrogens (tertiary/aromatic N) is 1. The fraction of sp³-hybridized carbons (Fsp3) is 0.364. The normalized spacial score (nSPS) is 10.2. The molecule has 1 heterocycles. The first-order valence-electron chi connectivity index (χ1n) is 5.20.